The SMILES string of the molecule is CC(N)(C(=O)Nc1ccc2ncccc2c1)C1CC1. The van der Waals surface area contributed by atoms with Crippen molar-refractivity contribution in [3.05, 3.63) is 36.5 Å². The minimum absolute atomic E-state index is 0.113. The maximum Gasteiger partial charge on any atom is 0.244 e. The Kier molecular flexibility index (Phi) is 2.75. The number of hydrogen-bond acceptors (Lipinski definition) is 3. The van der Waals surface area contributed by atoms with Crippen molar-refractivity contribution < 1.29 is 4.79 Å². The van der Waals surface area contributed by atoms with Gasteiger partial charge in [-0.1, -0.05) is 6.07 Å². The van der Waals surface area contributed by atoms with Crippen molar-refractivity contribution in [1.82, 2.24) is 4.98 Å². The first kappa shape index (κ1) is 12.1. The van der Waals surface area contributed by atoms with Crippen molar-refractivity contribution >= 4 is 22.5 Å². The average molecular weight is 255 g/mol. The normalized spacial score (nSPS) is 18.0. The summed E-state index contributed by atoms with van der Waals surface area (Å²) in [6.07, 6.45) is 3.84. The largest absolute Gasteiger partial charge is 0.324 e. The first-order valence-corrected chi connectivity index (χ1v) is 6.52. The van der Waals surface area contributed by atoms with Gasteiger partial charge in [0.1, 0.15) is 0 Å². The Morgan fingerprint density at radius 1 is 1.42 bits per heavy atom. The Labute approximate surface area is 112 Å². The van der Waals surface area contributed by atoms with Gasteiger partial charge in [-0.05, 0) is 49.9 Å². The molecule has 3 N–H and O–H groups in total. The molecule has 0 radical (unpaired) electrons. The van der Waals surface area contributed by atoms with E-state index >= 15 is 0 Å². The molecule has 1 heterocycles. The maximum atomic E-state index is 12.2. The highest BCUT2D eigenvalue weighted by Crippen LogP contribution is 2.38. The quantitative estimate of drug-likeness (QED) is 0.884. The maximum absolute atomic E-state index is 12.2. The molecule has 1 atom stereocenters. The second-order valence-corrected chi connectivity index (χ2v) is 5.42. The summed E-state index contributed by atoms with van der Waals surface area (Å²) >= 11 is 0. The van der Waals surface area contributed by atoms with Crippen LogP contribution in [0.15, 0.2) is 36.5 Å². The van der Waals surface area contributed by atoms with Crippen LogP contribution in [0.2, 0.25) is 0 Å². The molecule has 1 aromatic carbocycles. The van der Waals surface area contributed by atoms with Crippen molar-refractivity contribution in [3.8, 4) is 0 Å². The van der Waals surface area contributed by atoms with Crippen molar-refractivity contribution in [2.24, 2.45) is 11.7 Å². The number of carbonyl (C=O) groups is 1. The van der Waals surface area contributed by atoms with E-state index in [0.29, 0.717) is 5.92 Å². The Hall–Kier alpha value is -1.94. The minimum atomic E-state index is -0.774. The smallest absolute Gasteiger partial charge is 0.244 e. The van der Waals surface area contributed by atoms with Gasteiger partial charge >= 0.3 is 0 Å². The van der Waals surface area contributed by atoms with Crippen molar-refractivity contribution in [3.63, 3.8) is 0 Å². The number of carbonyl (C=O) groups excluding carboxylic acids is 1. The van der Waals surface area contributed by atoms with Gasteiger partial charge in [0.25, 0.3) is 0 Å². The van der Waals surface area contributed by atoms with E-state index in [1.807, 2.05) is 37.3 Å². The highest BCUT2D eigenvalue weighted by molar-refractivity contribution is 5.99. The van der Waals surface area contributed by atoms with E-state index < -0.39 is 5.54 Å². The van der Waals surface area contributed by atoms with Crippen LogP contribution in [-0.4, -0.2) is 16.4 Å². The van der Waals surface area contributed by atoms with E-state index in [2.05, 4.69) is 10.3 Å². The summed E-state index contributed by atoms with van der Waals surface area (Å²) in [4.78, 5) is 16.5. The molecule has 0 bridgehead atoms. The first-order valence-electron chi connectivity index (χ1n) is 6.52. The molecule has 4 nitrogen and oxygen atoms in total. The lowest BCUT2D eigenvalue weighted by molar-refractivity contribution is -0.121. The summed E-state index contributed by atoms with van der Waals surface area (Å²) in [7, 11) is 0. The van der Waals surface area contributed by atoms with Crippen LogP contribution in [0.1, 0.15) is 19.8 Å². The second kappa shape index (κ2) is 4.31. The standard InChI is InChI=1S/C15H17N3O/c1-15(16,11-4-5-11)14(19)18-12-6-7-13-10(9-12)3-2-8-17-13/h2-3,6-9,11H,4-5,16H2,1H3,(H,18,19). The molecule has 0 spiro atoms. The Morgan fingerprint density at radius 2 is 2.21 bits per heavy atom. The predicted molar refractivity (Wildman–Crippen MR) is 75.7 cm³/mol. The number of nitrogens with one attached hydrogen (secondary N) is 1. The number of fused-ring (bicyclic) bond motifs is 1. The van der Waals surface area contributed by atoms with E-state index in [0.717, 1.165) is 29.4 Å². The van der Waals surface area contributed by atoms with Gasteiger partial charge < -0.3 is 11.1 Å². The molecule has 2 aromatic rings. The van der Waals surface area contributed by atoms with Gasteiger partial charge in [-0.3, -0.25) is 9.78 Å². The molecule has 1 aromatic heterocycles. The molecule has 1 aliphatic carbocycles. The van der Waals surface area contributed by atoms with Crippen molar-refractivity contribution in [1.29, 1.82) is 0 Å². The van der Waals surface area contributed by atoms with E-state index in [1.54, 1.807) is 6.20 Å². The molecule has 1 unspecified atom stereocenters. The van der Waals surface area contributed by atoms with Gasteiger partial charge in [-0.2, -0.15) is 0 Å². The number of amides is 1. The van der Waals surface area contributed by atoms with E-state index in [4.69, 9.17) is 5.73 Å². The highest BCUT2D eigenvalue weighted by Gasteiger charge is 2.44. The zero-order chi connectivity index (χ0) is 13.5. The molecule has 4 heteroatoms. The van der Waals surface area contributed by atoms with Gasteiger partial charge in [0.15, 0.2) is 0 Å². The zero-order valence-electron chi connectivity index (χ0n) is 10.9. The van der Waals surface area contributed by atoms with Crippen LogP contribution in [0.4, 0.5) is 5.69 Å². The Bertz CT molecular complexity index is 632. The van der Waals surface area contributed by atoms with Crippen LogP contribution >= 0.6 is 0 Å². The number of pyridine rings is 1. The number of hydrogen-bond donors (Lipinski definition) is 2. The summed E-state index contributed by atoms with van der Waals surface area (Å²) in [5.41, 5.74) is 7.01. The third-order valence-corrected chi connectivity index (χ3v) is 3.78. The van der Waals surface area contributed by atoms with Gasteiger partial charge in [0.05, 0.1) is 11.1 Å². The third kappa shape index (κ3) is 2.31. The molecule has 1 amide bonds. The van der Waals surface area contributed by atoms with Crippen molar-refractivity contribution in [2.45, 2.75) is 25.3 Å². The molecule has 0 aliphatic heterocycles. The molecule has 1 saturated carbocycles. The lowest BCUT2D eigenvalue weighted by Gasteiger charge is -2.23. The number of anilines is 1. The number of nitrogens with two attached hydrogens (primary N) is 1. The summed E-state index contributed by atoms with van der Waals surface area (Å²) in [5.74, 6) is 0.202. The van der Waals surface area contributed by atoms with Crippen LogP contribution in [0, 0.1) is 5.92 Å². The first-order chi connectivity index (χ1) is 9.07. The average Bonchev–Trinajstić information content (AvgIpc) is 3.23. The molecule has 1 fully saturated rings. The van der Waals surface area contributed by atoms with E-state index in [1.165, 1.54) is 0 Å². The fourth-order valence-corrected chi connectivity index (χ4v) is 2.29. The minimum Gasteiger partial charge on any atom is -0.324 e. The van der Waals surface area contributed by atoms with Crippen LogP contribution < -0.4 is 11.1 Å². The summed E-state index contributed by atoms with van der Waals surface area (Å²) in [6.45, 7) is 1.81. The number of benzene rings is 1. The lowest BCUT2D eigenvalue weighted by atomic mass is 9.96. The molecule has 19 heavy (non-hydrogen) atoms. The molecular weight excluding hydrogens is 238 g/mol. The molecule has 3 rings (SSSR count). The van der Waals surface area contributed by atoms with Gasteiger partial charge in [0, 0.05) is 17.3 Å². The fourth-order valence-electron chi connectivity index (χ4n) is 2.29. The number of nitrogens with zero attached hydrogens (tertiary/aromatic N) is 1. The lowest BCUT2D eigenvalue weighted by Crippen LogP contribution is -2.50. The summed E-state index contributed by atoms with van der Waals surface area (Å²) in [5, 5.41) is 3.91. The van der Waals surface area contributed by atoms with Crippen LogP contribution in [0.3, 0.4) is 0 Å². The van der Waals surface area contributed by atoms with E-state index in [9.17, 15) is 4.79 Å². The van der Waals surface area contributed by atoms with Crippen molar-refractivity contribution in [2.75, 3.05) is 5.32 Å². The molecule has 98 valence electrons. The van der Waals surface area contributed by atoms with Crippen LogP contribution in [0.5, 0.6) is 0 Å². The molecule has 1 aliphatic rings. The summed E-state index contributed by atoms with van der Waals surface area (Å²) in [6, 6.07) is 9.53. The van der Waals surface area contributed by atoms with Crippen LogP contribution in [0.25, 0.3) is 10.9 Å². The van der Waals surface area contributed by atoms with Gasteiger partial charge in [-0.25, -0.2) is 0 Å². The summed E-state index contributed by atoms with van der Waals surface area (Å²) < 4.78 is 0. The highest BCUT2D eigenvalue weighted by atomic mass is 16.2. The number of rotatable bonds is 3. The predicted octanol–water partition coefficient (Wildman–Crippen LogP) is 2.30. The van der Waals surface area contributed by atoms with E-state index in [-0.39, 0.29) is 5.91 Å². The molecule has 0 saturated heterocycles. The fraction of sp³-hybridized carbons (Fsp3) is 0.333. The monoisotopic (exact) mass is 255 g/mol. The topological polar surface area (TPSA) is 68.0 Å². The van der Waals surface area contributed by atoms with Gasteiger partial charge in [0.2, 0.25) is 5.91 Å². The van der Waals surface area contributed by atoms with Crippen LogP contribution in [-0.2, 0) is 4.79 Å². The molecular formula is C15H17N3O. The third-order valence-electron chi connectivity index (χ3n) is 3.78. The van der Waals surface area contributed by atoms with Gasteiger partial charge in [-0.15, -0.1) is 0 Å². The Balaban J connectivity index is 1.83. The second-order valence-electron chi connectivity index (χ2n) is 5.42. The Morgan fingerprint density at radius 3 is 2.95 bits per heavy atom. The zero-order valence-corrected chi connectivity index (χ0v) is 10.9. The number of aromatic nitrogens is 1.